The third-order valence-electron chi connectivity index (χ3n) is 5.33. The first-order valence-corrected chi connectivity index (χ1v) is 9.76. The number of fused-ring (bicyclic) bond motifs is 2. The van der Waals surface area contributed by atoms with Crippen molar-refractivity contribution in [3.8, 4) is 16.9 Å². The molecule has 0 radical (unpaired) electrons. The number of carbonyl (C=O) groups excluding carboxylic acids is 1. The van der Waals surface area contributed by atoms with Gasteiger partial charge >= 0.3 is 0 Å². The first-order valence-electron chi connectivity index (χ1n) is 9.38. The van der Waals surface area contributed by atoms with Gasteiger partial charge in [-0.1, -0.05) is 11.6 Å². The molecule has 1 fully saturated rings. The van der Waals surface area contributed by atoms with Crippen LogP contribution < -0.4 is 10.1 Å². The number of halogens is 1. The van der Waals surface area contributed by atoms with E-state index in [0.717, 1.165) is 46.4 Å². The lowest BCUT2D eigenvalue weighted by Gasteiger charge is -2.29. The highest BCUT2D eigenvalue weighted by molar-refractivity contribution is 6.31. The van der Waals surface area contributed by atoms with E-state index in [4.69, 9.17) is 16.3 Å². The first kappa shape index (κ1) is 17.4. The Morgan fingerprint density at radius 1 is 1.18 bits per heavy atom. The third kappa shape index (κ3) is 2.99. The van der Waals surface area contributed by atoms with Gasteiger partial charge in [-0.15, -0.1) is 0 Å². The number of carbonyl (C=O) groups is 1. The van der Waals surface area contributed by atoms with Gasteiger partial charge in [-0.2, -0.15) is 0 Å². The SMILES string of the molecule is O=C(C1Cc2cc(Cl)cc(-c3ccnc4ccncc34)c2O1)N1CCNCC1. The molecule has 6 nitrogen and oxygen atoms in total. The average Bonchev–Trinajstić information content (AvgIpc) is 3.17. The summed E-state index contributed by atoms with van der Waals surface area (Å²) in [5.41, 5.74) is 3.64. The van der Waals surface area contributed by atoms with Crippen LogP contribution >= 0.6 is 11.6 Å². The fourth-order valence-electron chi connectivity index (χ4n) is 3.98. The molecule has 1 unspecified atom stereocenters. The minimum atomic E-state index is -0.503. The minimum absolute atomic E-state index is 0.0426. The van der Waals surface area contributed by atoms with Crippen molar-refractivity contribution in [2.45, 2.75) is 12.5 Å². The van der Waals surface area contributed by atoms with E-state index >= 15 is 0 Å². The molecule has 1 N–H and O–H groups in total. The molecule has 0 aliphatic carbocycles. The number of benzene rings is 1. The van der Waals surface area contributed by atoms with Crippen molar-refractivity contribution in [1.29, 1.82) is 0 Å². The van der Waals surface area contributed by atoms with Crippen molar-refractivity contribution in [2.75, 3.05) is 26.2 Å². The second-order valence-electron chi connectivity index (χ2n) is 7.08. The van der Waals surface area contributed by atoms with E-state index in [0.29, 0.717) is 24.5 Å². The Hall–Kier alpha value is -2.70. The van der Waals surface area contributed by atoms with Crippen molar-refractivity contribution in [3.63, 3.8) is 0 Å². The largest absolute Gasteiger partial charge is 0.479 e. The molecule has 5 rings (SSSR count). The van der Waals surface area contributed by atoms with E-state index in [-0.39, 0.29) is 5.91 Å². The van der Waals surface area contributed by atoms with Gasteiger partial charge < -0.3 is 15.0 Å². The fourth-order valence-corrected chi connectivity index (χ4v) is 4.22. The van der Waals surface area contributed by atoms with Crippen molar-refractivity contribution in [1.82, 2.24) is 20.2 Å². The Bertz CT molecular complexity index is 1060. The molecule has 1 atom stereocenters. The quantitative estimate of drug-likeness (QED) is 0.723. The van der Waals surface area contributed by atoms with Crippen LogP contribution in [0.1, 0.15) is 5.56 Å². The van der Waals surface area contributed by atoms with Crippen LogP contribution in [0.25, 0.3) is 22.0 Å². The summed E-state index contributed by atoms with van der Waals surface area (Å²) in [5, 5.41) is 4.82. The molecule has 28 heavy (non-hydrogen) atoms. The van der Waals surface area contributed by atoms with Gasteiger partial charge in [0.2, 0.25) is 0 Å². The van der Waals surface area contributed by atoms with Crippen LogP contribution in [0.2, 0.25) is 5.02 Å². The normalized spacial score (nSPS) is 18.8. The average molecular weight is 395 g/mol. The summed E-state index contributed by atoms with van der Waals surface area (Å²) in [6, 6.07) is 7.60. The standard InChI is InChI=1S/C21H19ClN4O2/c22-14-9-13-10-19(21(27)26-7-5-23-6-8-26)28-20(13)16(11-14)15-1-4-25-18-2-3-24-12-17(15)18/h1-4,9,11-12,19,23H,5-8,10H2. The molecule has 1 aromatic carbocycles. The maximum Gasteiger partial charge on any atom is 0.264 e. The molecule has 1 saturated heterocycles. The van der Waals surface area contributed by atoms with Gasteiger partial charge in [0, 0.05) is 72.7 Å². The van der Waals surface area contributed by atoms with E-state index in [1.165, 1.54) is 0 Å². The highest BCUT2D eigenvalue weighted by Crippen LogP contribution is 2.43. The Balaban J connectivity index is 1.54. The maximum absolute atomic E-state index is 12.9. The van der Waals surface area contributed by atoms with E-state index < -0.39 is 6.10 Å². The van der Waals surface area contributed by atoms with Crippen molar-refractivity contribution >= 4 is 28.4 Å². The summed E-state index contributed by atoms with van der Waals surface area (Å²) < 4.78 is 6.20. The number of ether oxygens (including phenoxy) is 1. The molecule has 0 saturated carbocycles. The molecular formula is C21H19ClN4O2. The van der Waals surface area contributed by atoms with E-state index in [1.807, 2.05) is 29.2 Å². The second-order valence-corrected chi connectivity index (χ2v) is 7.52. The number of pyridine rings is 2. The predicted molar refractivity (Wildman–Crippen MR) is 108 cm³/mol. The molecule has 7 heteroatoms. The number of hydrogen-bond acceptors (Lipinski definition) is 5. The maximum atomic E-state index is 12.9. The second kappa shape index (κ2) is 7.04. The first-order chi connectivity index (χ1) is 13.7. The van der Waals surface area contributed by atoms with Gasteiger partial charge in [-0.25, -0.2) is 0 Å². The van der Waals surface area contributed by atoms with Crippen LogP contribution in [-0.4, -0.2) is 53.1 Å². The third-order valence-corrected chi connectivity index (χ3v) is 5.55. The van der Waals surface area contributed by atoms with Crippen LogP contribution in [-0.2, 0) is 11.2 Å². The topological polar surface area (TPSA) is 67.3 Å². The van der Waals surface area contributed by atoms with Gasteiger partial charge in [0.1, 0.15) is 5.75 Å². The molecular weight excluding hydrogens is 376 g/mol. The monoisotopic (exact) mass is 394 g/mol. The van der Waals surface area contributed by atoms with E-state index in [2.05, 4.69) is 15.3 Å². The van der Waals surface area contributed by atoms with Gasteiger partial charge in [0.25, 0.3) is 5.91 Å². The van der Waals surface area contributed by atoms with E-state index in [1.54, 1.807) is 18.6 Å². The number of nitrogens with one attached hydrogen (secondary N) is 1. The number of amides is 1. The summed E-state index contributed by atoms with van der Waals surface area (Å²) in [7, 11) is 0. The summed E-state index contributed by atoms with van der Waals surface area (Å²) >= 11 is 6.42. The molecule has 2 aliphatic rings. The van der Waals surface area contributed by atoms with Crippen LogP contribution in [0, 0.1) is 0 Å². The lowest BCUT2D eigenvalue weighted by atomic mass is 9.98. The van der Waals surface area contributed by atoms with E-state index in [9.17, 15) is 4.79 Å². The molecule has 0 spiro atoms. The Labute approximate surface area is 167 Å². The highest BCUT2D eigenvalue weighted by atomic mass is 35.5. The van der Waals surface area contributed by atoms with Crippen molar-refractivity contribution in [2.24, 2.45) is 0 Å². The number of hydrogen-bond donors (Lipinski definition) is 1. The molecule has 142 valence electrons. The summed E-state index contributed by atoms with van der Waals surface area (Å²) in [4.78, 5) is 23.5. The summed E-state index contributed by atoms with van der Waals surface area (Å²) in [5.74, 6) is 0.773. The zero-order valence-corrected chi connectivity index (χ0v) is 15.9. The number of piperazine rings is 1. The van der Waals surface area contributed by atoms with Crippen LogP contribution in [0.5, 0.6) is 5.75 Å². The van der Waals surface area contributed by atoms with Gasteiger partial charge in [-0.05, 0) is 29.8 Å². The van der Waals surface area contributed by atoms with Crippen LogP contribution in [0.15, 0.2) is 42.9 Å². The molecule has 2 aliphatic heterocycles. The molecule has 4 heterocycles. The number of nitrogens with zero attached hydrogens (tertiary/aromatic N) is 3. The molecule has 1 amide bonds. The Kier molecular flexibility index (Phi) is 4.37. The zero-order valence-electron chi connectivity index (χ0n) is 15.2. The lowest BCUT2D eigenvalue weighted by Crippen LogP contribution is -2.50. The highest BCUT2D eigenvalue weighted by Gasteiger charge is 2.35. The van der Waals surface area contributed by atoms with Gasteiger partial charge in [-0.3, -0.25) is 14.8 Å². The van der Waals surface area contributed by atoms with Crippen LogP contribution in [0.3, 0.4) is 0 Å². The number of aromatic nitrogens is 2. The van der Waals surface area contributed by atoms with Gasteiger partial charge in [0.15, 0.2) is 6.10 Å². The summed E-state index contributed by atoms with van der Waals surface area (Å²) in [6.07, 6.45) is 5.32. The van der Waals surface area contributed by atoms with Crippen molar-refractivity contribution in [3.05, 3.63) is 53.4 Å². The Morgan fingerprint density at radius 3 is 2.89 bits per heavy atom. The summed E-state index contributed by atoms with van der Waals surface area (Å²) in [6.45, 7) is 3.06. The molecule has 3 aromatic rings. The predicted octanol–water partition coefficient (Wildman–Crippen LogP) is 2.69. The smallest absolute Gasteiger partial charge is 0.264 e. The minimum Gasteiger partial charge on any atom is -0.479 e. The fraction of sp³-hybridized carbons (Fsp3) is 0.286. The Morgan fingerprint density at radius 2 is 2.04 bits per heavy atom. The van der Waals surface area contributed by atoms with Crippen LogP contribution in [0.4, 0.5) is 0 Å². The zero-order chi connectivity index (χ0) is 19.1. The molecule has 0 bridgehead atoms. The number of rotatable bonds is 2. The van der Waals surface area contributed by atoms with Crippen molar-refractivity contribution < 1.29 is 9.53 Å². The molecule has 2 aromatic heterocycles. The lowest BCUT2D eigenvalue weighted by molar-refractivity contribution is -0.138. The van der Waals surface area contributed by atoms with Gasteiger partial charge in [0.05, 0.1) is 5.52 Å².